The first kappa shape index (κ1) is 17.1. The fourth-order valence-electron chi connectivity index (χ4n) is 1.83. The van der Waals surface area contributed by atoms with Gasteiger partial charge in [-0.3, -0.25) is 4.90 Å². The summed E-state index contributed by atoms with van der Waals surface area (Å²) in [5.41, 5.74) is 0. The number of nitrogens with zero attached hydrogens (tertiary/aromatic N) is 1. The number of carbonyl (C=O) groups is 2. The largest absolute Gasteiger partial charge is 0.480 e. The van der Waals surface area contributed by atoms with Gasteiger partial charge in [0.15, 0.2) is 0 Å². The lowest BCUT2D eigenvalue weighted by molar-refractivity contribution is -0.141. The van der Waals surface area contributed by atoms with Gasteiger partial charge in [-0.25, -0.2) is 22.7 Å². The molecule has 0 aromatic carbocycles. The van der Waals surface area contributed by atoms with Crippen LogP contribution >= 0.6 is 11.8 Å². The molecule has 8 nitrogen and oxygen atoms in total. The van der Waals surface area contributed by atoms with Crippen molar-refractivity contribution in [3.63, 3.8) is 0 Å². The maximum atomic E-state index is 12.0. The molecule has 0 bridgehead atoms. The van der Waals surface area contributed by atoms with E-state index in [9.17, 15) is 18.0 Å². The zero-order valence-electron chi connectivity index (χ0n) is 11.3. The van der Waals surface area contributed by atoms with Crippen molar-refractivity contribution in [1.82, 2.24) is 14.9 Å². The van der Waals surface area contributed by atoms with Gasteiger partial charge in [-0.15, -0.1) is 11.8 Å². The summed E-state index contributed by atoms with van der Waals surface area (Å²) in [7, 11) is -2.10. The first-order valence-corrected chi connectivity index (χ1v) is 8.84. The van der Waals surface area contributed by atoms with Crippen molar-refractivity contribution in [2.75, 3.05) is 25.1 Å². The Morgan fingerprint density at radius 2 is 2.10 bits per heavy atom. The lowest BCUT2D eigenvalue weighted by Crippen LogP contribution is -2.50. The van der Waals surface area contributed by atoms with Crippen LogP contribution in [-0.2, 0) is 14.8 Å². The summed E-state index contributed by atoms with van der Waals surface area (Å²) in [4.78, 5) is 24.4. The van der Waals surface area contributed by atoms with E-state index in [1.54, 1.807) is 0 Å². The van der Waals surface area contributed by atoms with Crippen LogP contribution in [0.4, 0.5) is 4.79 Å². The van der Waals surface area contributed by atoms with E-state index in [-0.39, 0.29) is 17.7 Å². The molecule has 0 spiro atoms. The molecule has 20 heavy (non-hydrogen) atoms. The molecule has 2 atom stereocenters. The van der Waals surface area contributed by atoms with Crippen molar-refractivity contribution < 1.29 is 23.1 Å². The third-order valence-corrected chi connectivity index (χ3v) is 5.74. The van der Waals surface area contributed by atoms with Crippen LogP contribution < -0.4 is 10.0 Å². The molecule has 3 N–H and O–H groups in total. The molecule has 10 heteroatoms. The van der Waals surface area contributed by atoms with Crippen molar-refractivity contribution in [1.29, 1.82) is 0 Å². The standard InChI is InChI=1S/C10H19N3O5S2/c1-3-8-13(7(6-19-8)9(14)15)10(16)12-4-5-20(17,18)11-2/h7-8,11H,3-6H2,1-2H3,(H,12,16)(H,14,15). The molecule has 1 aliphatic heterocycles. The number of amides is 2. The molecule has 0 aromatic heterocycles. The normalized spacial score (nSPS) is 22.8. The molecule has 1 aliphatic rings. The quantitative estimate of drug-likeness (QED) is 0.605. The van der Waals surface area contributed by atoms with Crippen molar-refractivity contribution in [3.8, 4) is 0 Å². The van der Waals surface area contributed by atoms with Gasteiger partial charge in [0.1, 0.15) is 6.04 Å². The predicted molar refractivity (Wildman–Crippen MR) is 76.0 cm³/mol. The third kappa shape index (κ3) is 4.25. The second-order valence-electron chi connectivity index (χ2n) is 4.21. The number of nitrogens with one attached hydrogen (secondary N) is 2. The van der Waals surface area contributed by atoms with Gasteiger partial charge < -0.3 is 10.4 Å². The molecular weight excluding hydrogens is 306 g/mol. The molecule has 0 radical (unpaired) electrons. The summed E-state index contributed by atoms with van der Waals surface area (Å²) < 4.78 is 24.6. The van der Waals surface area contributed by atoms with Crippen molar-refractivity contribution >= 4 is 33.8 Å². The highest BCUT2D eigenvalue weighted by Gasteiger charge is 2.40. The molecule has 0 aromatic rings. The zero-order valence-corrected chi connectivity index (χ0v) is 13.0. The number of rotatable bonds is 6. The first-order valence-electron chi connectivity index (χ1n) is 6.14. The second kappa shape index (κ2) is 7.14. The molecule has 0 aliphatic carbocycles. The maximum absolute atomic E-state index is 12.0. The van der Waals surface area contributed by atoms with Crippen LogP contribution in [0.5, 0.6) is 0 Å². The van der Waals surface area contributed by atoms with Crippen LogP contribution in [0, 0.1) is 0 Å². The van der Waals surface area contributed by atoms with Gasteiger partial charge in [-0.1, -0.05) is 6.92 Å². The molecule has 2 amide bonds. The fourth-order valence-corrected chi connectivity index (χ4v) is 3.75. The van der Waals surface area contributed by atoms with E-state index in [0.29, 0.717) is 12.2 Å². The van der Waals surface area contributed by atoms with E-state index >= 15 is 0 Å². The van der Waals surface area contributed by atoms with Crippen molar-refractivity contribution in [2.24, 2.45) is 0 Å². The number of hydrogen-bond donors (Lipinski definition) is 3. The minimum Gasteiger partial charge on any atom is -0.480 e. The van der Waals surface area contributed by atoms with Gasteiger partial charge >= 0.3 is 12.0 Å². The highest BCUT2D eigenvalue weighted by Crippen LogP contribution is 2.31. The van der Waals surface area contributed by atoms with Crippen LogP contribution in [0.25, 0.3) is 0 Å². The van der Waals surface area contributed by atoms with Crippen LogP contribution in [-0.4, -0.2) is 66.9 Å². The third-order valence-electron chi connectivity index (χ3n) is 2.92. The van der Waals surface area contributed by atoms with Crippen LogP contribution in [0.15, 0.2) is 0 Å². The van der Waals surface area contributed by atoms with E-state index in [1.165, 1.54) is 23.7 Å². The Hall–Kier alpha value is -1.00. The number of aliphatic carboxylic acids is 1. The van der Waals surface area contributed by atoms with Gasteiger partial charge in [0.25, 0.3) is 0 Å². The Morgan fingerprint density at radius 1 is 1.45 bits per heavy atom. The number of hydrogen-bond acceptors (Lipinski definition) is 5. The maximum Gasteiger partial charge on any atom is 0.327 e. The summed E-state index contributed by atoms with van der Waals surface area (Å²) in [6, 6.07) is -1.41. The number of urea groups is 1. The number of sulfonamides is 1. The predicted octanol–water partition coefficient (Wildman–Crippen LogP) is -0.517. The molecule has 0 saturated carbocycles. The topological polar surface area (TPSA) is 116 Å². The van der Waals surface area contributed by atoms with E-state index in [1.807, 2.05) is 6.92 Å². The van der Waals surface area contributed by atoms with Crippen LogP contribution in [0.3, 0.4) is 0 Å². The molecule has 116 valence electrons. The summed E-state index contributed by atoms with van der Waals surface area (Å²) >= 11 is 1.41. The van der Waals surface area contributed by atoms with Crippen LogP contribution in [0.1, 0.15) is 13.3 Å². The Kier molecular flexibility index (Phi) is 6.08. The highest BCUT2D eigenvalue weighted by atomic mass is 32.2. The molecule has 1 fully saturated rings. The monoisotopic (exact) mass is 325 g/mol. The molecule has 1 rings (SSSR count). The van der Waals surface area contributed by atoms with Gasteiger partial charge in [-0.05, 0) is 13.5 Å². The van der Waals surface area contributed by atoms with Gasteiger partial charge in [0, 0.05) is 12.3 Å². The Labute approximate surface area is 122 Å². The lowest BCUT2D eigenvalue weighted by Gasteiger charge is -2.26. The number of thioether (sulfide) groups is 1. The average Bonchev–Trinajstić information content (AvgIpc) is 2.82. The van der Waals surface area contributed by atoms with Crippen molar-refractivity contribution in [3.05, 3.63) is 0 Å². The fraction of sp³-hybridized carbons (Fsp3) is 0.800. The van der Waals surface area contributed by atoms with Gasteiger partial charge in [0.2, 0.25) is 10.0 Å². The van der Waals surface area contributed by atoms with E-state index < -0.39 is 28.1 Å². The Balaban J connectivity index is 2.61. The van der Waals surface area contributed by atoms with Gasteiger partial charge in [0.05, 0.1) is 11.1 Å². The zero-order chi connectivity index (χ0) is 15.3. The SMILES string of the molecule is CCC1SCC(C(=O)O)N1C(=O)NCCS(=O)(=O)NC. The van der Waals surface area contributed by atoms with E-state index in [4.69, 9.17) is 5.11 Å². The second-order valence-corrected chi connectivity index (χ2v) is 7.47. The minimum absolute atomic E-state index is 0.0635. The lowest BCUT2D eigenvalue weighted by atomic mass is 10.3. The highest BCUT2D eigenvalue weighted by molar-refractivity contribution is 8.00. The summed E-state index contributed by atoms with van der Waals surface area (Å²) in [5.74, 6) is -0.952. The number of carboxylic acid groups (broad SMARTS) is 1. The molecule has 2 unspecified atom stereocenters. The van der Waals surface area contributed by atoms with E-state index in [0.717, 1.165) is 0 Å². The summed E-state index contributed by atoms with van der Waals surface area (Å²) in [6.07, 6.45) is 0.636. The Morgan fingerprint density at radius 3 is 2.60 bits per heavy atom. The smallest absolute Gasteiger partial charge is 0.327 e. The molecular formula is C10H19N3O5S2. The summed E-state index contributed by atoms with van der Waals surface area (Å²) in [6.45, 7) is 1.81. The number of carboxylic acids is 1. The van der Waals surface area contributed by atoms with Gasteiger partial charge in [-0.2, -0.15) is 0 Å². The summed E-state index contributed by atoms with van der Waals surface area (Å²) in [5, 5.41) is 11.4. The minimum atomic E-state index is -3.39. The van der Waals surface area contributed by atoms with Crippen molar-refractivity contribution in [2.45, 2.75) is 24.8 Å². The molecule has 1 heterocycles. The van der Waals surface area contributed by atoms with Crippen LogP contribution in [0.2, 0.25) is 0 Å². The van der Waals surface area contributed by atoms with E-state index in [2.05, 4.69) is 10.0 Å². The first-order chi connectivity index (χ1) is 9.32. The Bertz CT molecular complexity index is 468. The number of carbonyl (C=O) groups excluding carboxylic acids is 1. The average molecular weight is 325 g/mol. The molecule has 1 saturated heterocycles.